The van der Waals surface area contributed by atoms with Crippen molar-refractivity contribution >= 4 is 11.4 Å². The third-order valence-electron chi connectivity index (χ3n) is 9.66. The second kappa shape index (κ2) is 13.0. The lowest BCUT2D eigenvalue weighted by Crippen LogP contribution is -2.33. The molecule has 1 saturated carbocycles. The Labute approximate surface area is 248 Å². The first-order valence-electron chi connectivity index (χ1n) is 15.9. The molecule has 214 valence electrons. The van der Waals surface area contributed by atoms with Crippen LogP contribution in [0.1, 0.15) is 104 Å². The Hall–Kier alpha value is -3.52. The highest BCUT2D eigenvalue weighted by molar-refractivity contribution is 5.51. The van der Waals surface area contributed by atoms with Gasteiger partial charge in [0.2, 0.25) is 0 Å². The summed E-state index contributed by atoms with van der Waals surface area (Å²) in [5.74, 6) is 0.864. The molecule has 0 saturated heterocycles. The van der Waals surface area contributed by atoms with E-state index in [1.807, 2.05) is 0 Å². The van der Waals surface area contributed by atoms with Gasteiger partial charge in [0.25, 0.3) is 0 Å². The van der Waals surface area contributed by atoms with Crippen LogP contribution in [0.4, 0.5) is 11.4 Å². The van der Waals surface area contributed by atoms with Gasteiger partial charge in [0.1, 0.15) is 0 Å². The molecule has 4 aromatic carbocycles. The normalized spacial score (nSPS) is 15.2. The summed E-state index contributed by atoms with van der Waals surface area (Å²) < 4.78 is 0. The van der Waals surface area contributed by atoms with Crippen molar-refractivity contribution in [2.24, 2.45) is 5.92 Å². The summed E-state index contributed by atoms with van der Waals surface area (Å²) in [5, 5.41) is 0. The van der Waals surface area contributed by atoms with Crippen LogP contribution in [0, 0.1) is 5.92 Å². The number of hydrogen-bond acceptors (Lipinski definition) is 2. The molecule has 1 aliphatic carbocycles. The van der Waals surface area contributed by atoms with E-state index in [9.17, 15) is 0 Å². The molecule has 2 heteroatoms. The van der Waals surface area contributed by atoms with E-state index in [1.165, 1.54) is 83.0 Å². The Morgan fingerprint density at radius 3 is 1.39 bits per heavy atom. The third kappa shape index (κ3) is 6.53. The second-order valence-electron chi connectivity index (χ2n) is 12.3. The summed E-state index contributed by atoms with van der Waals surface area (Å²) in [7, 11) is 0. The molecule has 0 aliphatic heterocycles. The largest absolute Gasteiger partial charge is 0.399 e. The average molecular weight is 545 g/mol. The standard InChI is InChI=1S/C39H48N2/c1-4-7-28-20-22-39(23-21-28,35-14-8-29(9-15-35)24-31-12-18-37(40)33(5-2)26-31)36-16-10-30(11-17-36)25-32-13-19-38(41)34(6-3)27-32/h8-19,26-28H,4-7,20-25,40-41H2,1-3H3. The van der Waals surface area contributed by atoms with Crippen LogP contribution in [0.2, 0.25) is 0 Å². The summed E-state index contributed by atoms with van der Waals surface area (Å²) in [6.07, 6.45) is 11.6. The van der Waals surface area contributed by atoms with E-state index >= 15 is 0 Å². The highest BCUT2D eigenvalue weighted by Gasteiger charge is 2.38. The first-order valence-corrected chi connectivity index (χ1v) is 15.9. The maximum Gasteiger partial charge on any atom is 0.0346 e. The van der Waals surface area contributed by atoms with Crippen LogP contribution in [-0.2, 0) is 31.1 Å². The van der Waals surface area contributed by atoms with Gasteiger partial charge in [-0.1, -0.05) is 106 Å². The summed E-state index contributed by atoms with van der Waals surface area (Å²) in [4.78, 5) is 0. The molecule has 1 aliphatic rings. The van der Waals surface area contributed by atoms with Crippen molar-refractivity contribution in [2.75, 3.05) is 11.5 Å². The van der Waals surface area contributed by atoms with Crippen LogP contribution in [-0.4, -0.2) is 0 Å². The molecule has 0 amide bonds. The number of rotatable bonds is 10. The smallest absolute Gasteiger partial charge is 0.0346 e. The number of benzene rings is 4. The van der Waals surface area contributed by atoms with Gasteiger partial charge in [-0.15, -0.1) is 0 Å². The number of nitrogen functional groups attached to an aromatic ring is 2. The fourth-order valence-electron chi connectivity index (χ4n) is 7.12. The summed E-state index contributed by atoms with van der Waals surface area (Å²) >= 11 is 0. The quantitative estimate of drug-likeness (QED) is 0.195. The fourth-order valence-corrected chi connectivity index (χ4v) is 7.12. The van der Waals surface area contributed by atoms with E-state index < -0.39 is 0 Å². The molecular weight excluding hydrogens is 496 g/mol. The van der Waals surface area contributed by atoms with E-state index in [0.717, 1.165) is 43.0 Å². The Bertz CT molecular complexity index is 1320. The van der Waals surface area contributed by atoms with E-state index in [-0.39, 0.29) is 5.41 Å². The van der Waals surface area contributed by atoms with Crippen LogP contribution < -0.4 is 11.5 Å². The van der Waals surface area contributed by atoms with Gasteiger partial charge in [0, 0.05) is 16.8 Å². The third-order valence-corrected chi connectivity index (χ3v) is 9.66. The van der Waals surface area contributed by atoms with Crippen molar-refractivity contribution in [1.82, 2.24) is 0 Å². The van der Waals surface area contributed by atoms with E-state index in [0.29, 0.717) is 0 Å². The van der Waals surface area contributed by atoms with Crippen molar-refractivity contribution in [1.29, 1.82) is 0 Å². The number of anilines is 2. The van der Waals surface area contributed by atoms with Gasteiger partial charge in [-0.2, -0.15) is 0 Å². The SMILES string of the molecule is CCCC1CCC(c2ccc(Cc3ccc(N)c(CC)c3)cc2)(c2ccc(Cc3ccc(N)c(CC)c3)cc2)CC1. The lowest BCUT2D eigenvalue weighted by atomic mass is 9.62. The van der Waals surface area contributed by atoms with Gasteiger partial charge < -0.3 is 11.5 Å². The highest BCUT2D eigenvalue weighted by atomic mass is 14.6. The molecule has 0 bridgehead atoms. The molecule has 0 radical (unpaired) electrons. The second-order valence-corrected chi connectivity index (χ2v) is 12.3. The van der Waals surface area contributed by atoms with Gasteiger partial charge in [-0.05, 0) is 114 Å². The Balaban J connectivity index is 1.39. The maximum absolute atomic E-state index is 6.15. The monoisotopic (exact) mass is 544 g/mol. The van der Waals surface area contributed by atoms with Gasteiger partial charge in [-0.3, -0.25) is 0 Å². The van der Waals surface area contributed by atoms with Crippen LogP contribution in [0.25, 0.3) is 0 Å². The molecular formula is C39H48N2. The molecule has 5 rings (SSSR count). The zero-order valence-corrected chi connectivity index (χ0v) is 25.4. The molecule has 0 aromatic heterocycles. The zero-order valence-electron chi connectivity index (χ0n) is 25.4. The van der Waals surface area contributed by atoms with Crippen molar-refractivity contribution < 1.29 is 0 Å². The topological polar surface area (TPSA) is 52.0 Å². The van der Waals surface area contributed by atoms with Gasteiger partial charge in [0.05, 0.1) is 0 Å². The number of aryl methyl sites for hydroxylation is 2. The minimum absolute atomic E-state index is 0.0917. The predicted octanol–water partition coefficient (Wildman–Crippen LogP) is 9.43. The lowest BCUT2D eigenvalue weighted by Gasteiger charge is -2.41. The van der Waals surface area contributed by atoms with Gasteiger partial charge >= 0.3 is 0 Å². The first-order chi connectivity index (χ1) is 19.9. The molecule has 0 heterocycles. The van der Waals surface area contributed by atoms with Crippen molar-refractivity contribution in [2.45, 2.75) is 90.4 Å². The van der Waals surface area contributed by atoms with Crippen LogP contribution in [0.3, 0.4) is 0 Å². The summed E-state index contributed by atoms with van der Waals surface area (Å²) in [6, 6.07) is 32.1. The average Bonchev–Trinajstić information content (AvgIpc) is 3.00. The predicted molar refractivity (Wildman–Crippen MR) is 177 cm³/mol. The molecule has 41 heavy (non-hydrogen) atoms. The molecule has 4 N–H and O–H groups in total. The first kappa shape index (κ1) is 29.0. The summed E-state index contributed by atoms with van der Waals surface area (Å²) in [5.41, 5.74) is 25.0. The van der Waals surface area contributed by atoms with E-state index in [4.69, 9.17) is 11.5 Å². The number of nitrogens with two attached hydrogens (primary N) is 2. The van der Waals surface area contributed by atoms with Crippen molar-refractivity contribution in [3.8, 4) is 0 Å². The summed E-state index contributed by atoms with van der Waals surface area (Å²) in [6.45, 7) is 6.67. The van der Waals surface area contributed by atoms with Crippen molar-refractivity contribution in [3.05, 3.63) is 129 Å². The molecule has 4 aromatic rings. The molecule has 0 atom stereocenters. The fraction of sp³-hybridized carbons (Fsp3) is 0.385. The molecule has 1 fully saturated rings. The molecule has 0 spiro atoms. The minimum Gasteiger partial charge on any atom is -0.399 e. The van der Waals surface area contributed by atoms with Gasteiger partial charge in [0.15, 0.2) is 0 Å². The molecule has 2 nitrogen and oxygen atoms in total. The van der Waals surface area contributed by atoms with E-state index in [1.54, 1.807) is 0 Å². The van der Waals surface area contributed by atoms with Gasteiger partial charge in [-0.25, -0.2) is 0 Å². The van der Waals surface area contributed by atoms with E-state index in [2.05, 4.69) is 106 Å². The van der Waals surface area contributed by atoms with Crippen LogP contribution in [0.15, 0.2) is 84.9 Å². The Kier molecular flexibility index (Phi) is 9.18. The number of hydrogen-bond donors (Lipinski definition) is 2. The van der Waals surface area contributed by atoms with Crippen LogP contribution >= 0.6 is 0 Å². The maximum atomic E-state index is 6.15. The minimum atomic E-state index is 0.0917. The Morgan fingerprint density at radius 2 is 1.00 bits per heavy atom. The zero-order chi connectivity index (χ0) is 28.8. The van der Waals surface area contributed by atoms with Crippen LogP contribution in [0.5, 0.6) is 0 Å². The molecule has 0 unspecified atom stereocenters. The lowest BCUT2D eigenvalue weighted by molar-refractivity contribution is 0.253. The highest BCUT2D eigenvalue weighted by Crippen LogP contribution is 2.47. The Morgan fingerprint density at radius 1 is 0.585 bits per heavy atom. The van der Waals surface area contributed by atoms with Crippen molar-refractivity contribution in [3.63, 3.8) is 0 Å².